The minimum atomic E-state index is -1.55. The summed E-state index contributed by atoms with van der Waals surface area (Å²) in [5, 5.41) is 1.80. The van der Waals surface area contributed by atoms with Crippen LogP contribution in [0.4, 0.5) is 0 Å². The largest absolute Gasteiger partial charge is 1.00 e. The third-order valence-corrected chi connectivity index (χ3v) is 13.1. The summed E-state index contributed by atoms with van der Waals surface area (Å²) in [6.45, 7) is 16.6. The van der Waals surface area contributed by atoms with Gasteiger partial charge in [0.05, 0.1) is 0 Å². The zero-order valence-corrected chi connectivity index (χ0v) is 24.2. The molecule has 1 unspecified atom stereocenters. The molecule has 0 amide bonds. The van der Waals surface area contributed by atoms with Crippen LogP contribution in [0, 0.1) is 0 Å². The Balaban J connectivity index is 0.00000196. The van der Waals surface area contributed by atoms with E-state index in [0.717, 1.165) is 16.5 Å². The summed E-state index contributed by atoms with van der Waals surface area (Å²) < 4.78 is 9.15. The van der Waals surface area contributed by atoms with Gasteiger partial charge in [-0.15, -0.1) is 0 Å². The summed E-state index contributed by atoms with van der Waals surface area (Å²) in [6, 6.07) is 9.04. The number of halogens is 2. The number of fused-ring (bicyclic) bond motifs is 1. The average Bonchev–Trinajstić information content (AvgIpc) is 3.03. The Labute approximate surface area is 198 Å². The van der Waals surface area contributed by atoms with Gasteiger partial charge in [-0.1, -0.05) is 0 Å². The van der Waals surface area contributed by atoms with Gasteiger partial charge in [-0.25, -0.2) is 0 Å². The van der Waals surface area contributed by atoms with Crippen molar-refractivity contribution in [1.82, 2.24) is 0 Å². The number of rotatable bonds is 6. The molecule has 1 atom stereocenters. The summed E-state index contributed by atoms with van der Waals surface area (Å²) in [4.78, 5) is 0. The van der Waals surface area contributed by atoms with E-state index < -0.39 is 40.3 Å². The first-order chi connectivity index (χ1) is 12.2. The molecule has 0 aliphatic heterocycles. The van der Waals surface area contributed by atoms with Gasteiger partial charge in [-0.05, 0) is 0 Å². The van der Waals surface area contributed by atoms with Gasteiger partial charge in [0.15, 0.2) is 0 Å². The number of allylic oxidation sites excluding steroid dienone is 4. The van der Waals surface area contributed by atoms with Crippen LogP contribution < -0.4 is 24.8 Å². The molecular weight excluding hydrogens is 499 g/mol. The minimum absolute atomic E-state index is 0. The van der Waals surface area contributed by atoms with Gasteiger partial charge in [-0.3, -0.25) is 0 Å². The van der Waals surface area contributed by atoms with E-state index in [-0.39, 0.29) is 24.8 Å². The fourth-order valence-corrected chi connectivity index (χ4v) is 13.7. The molecule has 0 saturated carbocycles. The molecular formula is C22H32Cl2OSi2Zr. The SMILES string of the molecule is CCC1=C(O[Si](C)(C)C)C[C]([Zr+2][CH]2C(C)=Cc3ccccc32)=C1[SiH](C)C.[Cl-].[Cl-]. The first-order valence-electron chi connectivity index (χ1n) is 9.89. The van der Waals surface area contributed by atoms with Crippen LogP contribution in [-0.2, 0) is 27.7 Å². The van der Waals surface area contributed by atoms with Crippen LogP contribution in [0.25, 0.3) is 6.08 Å². The molecule has 3 rings (SSSR count). The first kappa shape index (κ1) is 26.2. The fourth-order valence-electron chi connectivity index (χ4n) is 4.22. The maximum atomic E-state index is 6.59. The Bertz CT molecular complexity index is 807. The van der Waals surface area contributed by atoms with Crippen molar-refractivity contribution in [2.75, 3.05) is 0 Å². The molecule has 152 valence electrons. The number of hydrogen-bond acceptors (Lipinski definition) is 1. The van der Waals surface area contributed by atoms with E-state index in [2.05, 4.69) is 76.9 Å². The van der Waals surface area contributed by atoms with Crippen molar-refractivity contribution in [2.45, 2.75) is 63.0 Å². The molecule has 0 saturated heterocycles. The van der Waals surface area contributed by atoms with Gasteiger partial charge in [0.2, 0.25) is 0 Å². The molecule has 2 aliphatic rings. The van der Waals surface area contributed by atoms with Crippen LogP contribution in [0.3, 0.4) is 0 Å². The molecule has 1 aromatic carbocycles. The average molecular weight is 531 g/mol. The molecule has 1 aromatic rings. The molecule has 1 nitrogen and oxygen atoms in total. The number of hydrogen-bond donors (Lipinski definition) is 0. The standard InChI is InChI=1S/C12H23OSi2.C10H9.2ClH.Zr/c1-7-10-11(13-15(4,5)6)8-9-12(10)14(2)3;1-8-6-9-4-2-3-5-10(9)7-8;;;/h14H,7-8H2,1-6H3;2-7H,1H3;2*1H;/q;;;;+2/p-2. The topological polar surface area (TPSA) is 9.23 Å². The molecule has 0 spiro atoms. The van der Waals surface area contributed by atoms with Crippen molar-refractivity contribution < 1.29 is 52.5 Å². The first-order valence-corrected chi connectivity index (χ1v) is 18.8. The van der Waals surface area contributed by atoms with E-state index in [1.807, 2.05) is 3.28 Å². The van der Waals surface area contributed by atoms with E-state index >= 15 is 0 Å². The van der Waals surface area contributed by atoms with E-state index in [1.54, 1.807) is 21.9 Å². The Morgan fingerprint density at radius 1 is 1.14 bits per heavy atom. The van der Waals surface area contributed by atoms with Gasteiger partial charge < -0.3 is 24.8 Å². The summed E-state index contributed by atoms with van der Waals surface area (Å²) in [5.74, 6) is 1.35. The smallest absolute Gasteiger partial charge is 1.00 e. The molecule has 0 aromatic heterocycles. The van der Waals surface area contributed by atoms with Crippen LogP contribution in [0.5, 0.6) is 0 Å². The Hall–Kier alpha value is 0.137. The molecule has 0 radical (unpaired) electrons. The van der Waals surface area contributed by atoms with Crippen molar-refractivity contribution in [2.24, 2.45) is 0 Å². The Morgan fingerprint density at radius 2 is 1.79 bits per heavy atom. The van der Waals surface area contributed by atoms with Crippen LogP contribution >= 0.6 is 0 Å². The van der Waals surface area contributed by atoms with Gasteiger partial charge in [0.1, 0.15) is 0 Å². The molecule has 0 N–H and O–H groups in total. The van der Waals surface area contributed by atoms with Crippen LogP contribution in [0.1, 0.15) is 41.4 Å². The van der Waals surface area contributed by atoms with Gasteiger partial charge >= 0.3 is 175 Å². The van der Waals surface area contributed by atoms with E-state index in [1.165, 1.54) is 11.3 Å². The van der Waals surface area contributed by atoms with E-state index in [9.17, 15) is 0 Å². The summed E-state index contributed by atoms with van der Waals surface area (Å²) in [6.07, 6.45) is 4.70. The molecule has 0 fully saturated rings. The van der Waals surface area contributed by atoms with Crippen LogP contribution in [-0.4, -0.2) is 17.1 Å². The predicted octanol–water partition coefficient (Wildman–Crippen LogP) is 0.434. The molecule has 0 heterocycles. The molecule has 0 bridgehead atoms. The Kier molecular flexibility index (Phi) is 9.76. The summed E-state index contributed by atoms with van der Waals surface area (Å²) >= 11 is -0.713. The quantitative estimate of drug-likeness (QED) is 0.485. The predicted molar refractivity (Wildman–Crippen MR) is 115 cm³/mol. The van der Waals surface area contributed by atoms with Crippen LogP contribution in [0.15, 0.2) is 49.6 Å². The third kappa shape index (κ3) is 5.63. The summed E-state index contributed by atoms with van der Waals surface area (Å²) in [7, 11) is -2.40. The van der Waals surface area contributed by atoms with Crippen molar-refractivity contribution in [3.63, 3.8) is 0 Å². The summed E-state index contributed by atoms with van der Waals surface area (Å²) in [5.41, 5.74) is 6.23. The normalized spacial score (nSPS) is 18.4. The molecule has 28 heavy (non-hydrogen) atoms. The zero-order valence-electron chi connectivity index (χ0n) is 18.1. The monoisotopic (exact) mass is 528 g/mol. The molecule has 2 aliphatic carbocycles. The van der Waals surface area contributed by atoms with Crippen molar-refractivity contribution in [3.8, 4) is 0 Å². The fraction of sp³-hybridized carbons (Fsp3) is 0.455. The second-order valence-electron chi connectivity index (χ2n) is 8.79. The minimum Gasteiger partial charge on any atom is -1.00 e. The van der Waals surface area contributed by atoms with Gasteiger partial charge in [0.25, 0.3) is 0 Å². The Morgan fingerprint density at radius 3 is 2.36 bits per heavy atom. The zero-order chi connectivity index (χ0) is 19.1. The van der Waals surface area contributed by atoms with Crippen molar-refractivity contribution in [3.05, 3.63) is 60.8 Å². The second-order valence-corrected chi connectivity index (χ2v) is 19.7. The second kappa shape index (κ2) is 10.4. The number of benzene rings is 1. The van der Waals surface area contributed by atoms with Gasteiger partial charge in [0, 0.05) is 0 Å². The van der Waals surface area contributed by atoms with E-state index in [0.29, 0.717) is 0 Å². The van der Waals surface area contributed by atoms with E-state index in [4.69, 9.17) is 4.43 Å². The molecule has 6 heteroatoms. The third-order valence-electron chi connectivity index (χ3n) is 5.15. The maximum absolute atomic E-state index is 6.59. The van der Waals surface area contributed by atoms with Crippen LogP contribution in [0.2, 0.25) is 32.7 Å². The van der Waals surface area contributed by atoms with Gasteiger partial charge in [-0.2, -0.15) is 0 Å². The maximum Gasteiger partial charge on any atom is -1.00 e. The van der Waals surface area contributed by atoms with Crippen molar-refractivity contribution >= 4 is 23.2 Å². The van der Waals surface area contributed by atoms with Crippen molar-refractivity contribution in [1.29, 1.82) is 0 Å².